The highest BCUT2D eigenvalue weighted by atomic mass is 35.5. The highest BCUT2D eigenvalue weighted by Crippen LogP contribution is 2.15. The number of carbonyl (C=O) groups is 1. The van der Waals surface area contributed by atoms with Crippen molar-refractivity contribution in [1.82, 2.24) is 9.78 Å². The molecule has 1 N–H and O–H groups in total. The molecule has 1 amide bonds. The Morgan fingerprint density at radius 3 is 2.95 bits per heavy atom. The van der Waals surface area contributed by atoms with Crippen LogP contribution in [-0.4, -0.2) is 21.6 Å². The van der Waals surface area contributed by atoms with Gasteiger partial charge in [0.1, 0.15) is 11.6 Å². The van der Waals surface area contributed by atoms with Gasteiger partial charge in [-0.1, -0.05) is 18.2 Å². The average molecular weight is 315 g/mol. The summed E-state index contributed by atoms with van der Waals surface area (Å²) in [5.41, 5.74) is 2.32. The summed E-state index contributed by atoms with van der Waals surface area (Å²) in [6, 6.07) is 9.31. The van der Waals surface area contributed by atoms with E-state index >= 15 is 0 Å². The SMILES string of the molecule is Cc1ccccc1NC(=O)/C(C#N)=C\c1cnn(CCCl)c1. The Labute approximate surface area is 133 Å². The molecule has 0 spiro atoms. The minimum Gasteiger partial charge on any atom is -0.321 e. The molecule has 22 heavy (non-hydrogen) atoms. The molecule has 5 nitrogen and oxygen atoms in total. The molecule has 0 atom stereocenters. The predicted molar refractivity (Wildman–Crippen MR) is 86.3 cm³/mol. The van der Waals surface area contributed by atoms with E-state index in [0.717, 1.165) is 5.56 Å². The Morgan fingerprint density at radius 1 is 1.50 bits per heavy atom. The van der Waals surface area contributed by atoms with Gasteiger partial charge in [0.2, 0.25) is 0 Å². The van der Waals surface area contributed by atoms with Crippen molar-refractivity contribution in [2.45, 2.75) is 13.5 Å². The number of nitrogens with zero attached hydrogens (tertiary/aromatic N) is 3. The van der Waals surface area contributed by atoms with E-state index in [-0.39, 0.29) is 5.57 Å². The van der Waals surface area contributed by atoms with E-state index in [1.54, 1.807) is 23.1 Å². The number of hydrogen-bond donors (Lipinski definition) is 1. The first-order chi connectivity index (χ1) is 10.6. The number of carbonyl (C=O) groups excluding carboxylic acids is 1. The third kappa shape index (κ3) is 3.96. The van der Waals surface area contributed by atoms with Crippen molar-refractivity contribution in [3.05, 3.63) is 53.4 Å². The lowest BCUT2D eigenvalue weighted by molar-refractivity contribution is -0.112. The zero-order valence-corrected chi connectivity index (χ0v) is 12.8. The molecular weight excluding hydrogens is 300 g/mol. The summed E-state index contributed by atoms with van der Waals surface area (Å²) in [6.07, 6.45) is 4.83. The Hall–Kier alpha value is -2.58. The molecule has 112 valence electrons. The van der Waals surface area contributed by atoms with Crippen LogP contribution in [0.2, 0.25) is 0 Å². The van der Waals surface area contributed by atoms with Crippen LogP contribution in [-0.2, 0) is 11.3 Å². The minimum absolute atomic E-state index is 0.0219. The number of hydrogen-bond acceptors (Lipinski definition) is 3. The highest BCUT2D eigenvalue weighted by molar-refractivity contribution is 6.17. The van der Waals surface area contributed by atoms with E-state index in [2.05, 4.69) is 10.4 Å². The van der Waals surface area contributed by atoms with Crippen molar-refractivity contribution in [2.24, 2.45) is 0 Å². The molecule has 0 saturated heterocycles. The number of amides is 1. The third-order valence-corrected chi connectivity index (χ3v) is 3.21. The molecule has 1 heterocycles. The second-order valence-electron chi connectivity index (χ2n) is 4.66. The average Bonchev–Trinajstić information content (AvgIpc) is 2.95. The molecule has 0 radical (unpaired) electrons. The van der Waals surface area contributed by atoms with Crippen LogP contribution >= 0.6 is 11.6 Å². The van der Waals surface area contributed by atoms with Crippen molar-refractivity contribution in [2.75, 3.05) is 11.2 Å². The molecule has 0 unspecified atom stereocenters. The lowest BCUT2D eigenvalue weighted by atomic mass is 10.1. The molecule has 2 rings (SSSR count). The largest absolute Gasteiger partial charge is 0.321 e. The fourth-order valence-electron chi connectivity index (χ4n) is 1.88. The molecule has 0 saturated carbocycles. The van der Waals surface area contributed by atoms with Crippen LogP contribution in [0.4, 0.5) is 5.69 Å². The first-order valence-corrected chi connectivity index (χ1v) is 7.24. The standard InChI is InChI=1S/C16H15ClN4O/c1-12-4-2-3-5-15(12)20-16(22)14(9-18)8-13-10-19-21(11-13)7-6-17/h2-5,8,10-11H,6-7H2,1H3,(H,20,22)/b14-8-. The summed E-state index contributed by atoms with van der Waals surface area (Å²) in [4.78, 5) is 12.2. The number of nitriles is 1. The maximum atomic E-state index is 12.2. The van der Waals surface area contributed by atoms with Crippen LogP contribution in [0, 0.1) is 18.3 Å². The van der Waals surface area contributed by atoms with Crippen LogP contribution in [0.15, 0.2) is 42.2 Å². The monoisotopic (exact) mass is 314 g/mol. The Morgan fingerprint density at radius 2 is 2.27 bits per heavy atom. The summed E-state index contributed by atoms with van der Waals surface area (Å²) in [7, 11) is 0. The summed E-state index contributed by atoms with van der Waals surface area (Å²) in [6.45, 7) is 2.47. The first kappa shape index (κ1) is 15.8. The number of aryl methyl sites for hydroxylation is 2. The van der Waals surface area contributed by atoms with Crippen molar-refractivity contribution >= 4 is 29.3 Å². The molecule has 0 fully saturated rings. The first-order valence-electron chi connectivity index (χ1n) is 6.71. The van der Waals surface area contributed by atoms with Crippen LogP contribution in [0.1, 0.15) is 11.1 Å². The normalized spacial score (nSPS) is 11.0. The quantitative estimate of drug-likeness (QED) is 0.524. The summed E-state index contributed by atoms with van der Waals surface area (Å²) < 4.78 is 1.66. The minimum atomic E-state index is -0.443. The molecule has 1 aromatic carbocycles. The second-order valence-corrected chi connectivity index (χ2v) is 5.04. The number of nitrogens with one attached hydrogen (secondary N) is 1. The maximum absolute atomic E-state index is 12.2. The van der Waals surface area contributed by atoms with E-state index < -0.39 is 5.91 Å². The highest BCUT2D eigenvalue weighted by Gasteiger charge is 2.11. The molecule has 0 bridgehead atoms. The maximum Gasteiger partial charge on any atom is 0.266 e. The Balaban J connectivity index is 2.16. The summed E-state index contributed by atoms with van der Waals surface area (Å²) in [5, 5.41) is 16.0. The van der Waals surface area contributed by atoms with Crippen molar-refractivity contribution in [3.63, 3.8) is 0 Å². The van der Waals surface area contributed by atoms with Gasteiger partial charge in [0.15, 0.2) is 0 Å². The number of anilines is 1. The lowest BCUT2D eigenvalue weighted by Gasteiger charge is -2.06. The van der Waals surface area contributed by atoms with Crippen LogP contribution < -0.4 is 5.32 Å². The van der Waals surface area contributed by atoms with E-state index in [9.17, 15) is 10.1 Å². The number of rotatable bonds is 5. The van der Waals surface area contributed by atoms with Crippen molar-refractivity contribution in [1.29, 1.82) is 5.26 Å². The number of alkyl halides is 1. The van der Waals surface area contributed by atoms with Crippen molar-refractivity contribution < 1.29 is 4.79 Å². The molecular formula is C16H15ClN4O. The van der Waals surface area contributed by atoms with Gasteiger partial charge in [-0.3, -0.25) is 9.48 Å². The van der Waals surface area contributed by atoms with E-state index in [4.69, 9.17) is 11.6 Å². The van der Waals surface area contributed by atoms with Gasteiger partial charge < -0.3 is 5.32 Å². The molecule has 0 aliphatic carbocycles. The van der Waals surface area contributed by atoms with Gasteiger partial charge in [0.05, 0.1) is 12.7 Å². The van der Waals surface area contributed by atoms with E-state index in [1.165, 1.54) is 6.08 Å². The fraction of sp³-hybridized carbons (Fsp3) is 0.188. The molecule has 0 aliphatic heterocycles. The zero-order valence-electron chi connectivity index (χ0n) is 12.1. The van der Waals surface area contributed by atoms with Crippen LogP contribution in [0.25, 0.3) is 6.08 Å². The summed E-state index contributed by atoms with van der Waals surface area (Å²) in [5.74, 6) is 0.00544. The summed E-state index contributed by atoms with van der Waals surface area (Å²) >= 11 is 5.64. The Bertz CT molecular complexity index is 743. The van der Waals surface area contributed by atoms with E-state index in [1.807, 2.05) is 31.2 Å². The zero-order chi connectivity index (χ0) is 15.9. The van der Waals surface area contributed by atoms with Gasteiger partial charge in [-0.2, -0.15) is 10.4 Å². The van der Waals surface area contributed by atoms with Crippen LogP contribution in [0.3, 0.4) is 0 Å². The number of benzene rings is 1. The van der Waals surface area contributed by atoms with Gasteiger partial charge in [0.25, 0.3) is 5.91 Å². The number of para-hydroxylation sites is 1. The Kier molecular flexibility index (Phi) is 5.34. The topological polar surface area (TPSA) is 70.7 Å². The van der Waals surface area contributed by atoms with Gasteiger partial charge >= 0.3 is 0 Å². The smallest absolute Gasteiger partial charge is 0.266 e. The molecule has 1 aromatic heterocycles. The number of halogens is 1. The number of aromatic nitrogens is 2. The van der Waals surface area contributed by atoms with Gasteiger partial charge in [-0.05, 0) is 24.6 Å². The predicted octanol–water partition coefficient (Wildman–Crippen LogP) is 2.98. The van der Waals surface area contributed by atoms with Crippen LogP contribution in [0.5, 0.6) is 0 Å². The second kappa shape index (κ2) is 7.43. The molecule has 6 heteroatoms. The lowest BCUT2D eigenvalue weighted by Crippen LogP contribution is -2.14. The van der Waals surface area contributed by atoms with Gasteiger partial charge in [-0.15, -0.1) is 11.6 Å². The van der Waals surface area contributed by atoms with Crippen molar-refractivity contribution in [3.8, 4) is 6.07 Å². The van der Waals surface area contributed by atoms with Gasteiger partial charge in [-0.25, -0.2) is 0 Å². The third-order valence-electron chi connectivity index (χ3n) is 3.04. The molecule has 2 aromatic rings. The van der Waals surface area contributed by atoms with E-state index in [0.29, 0.717) is 23.7 Å². The van der Waals surface area contributed by atoms with Gasteiger partial charge in [0, 0.05) is 23.3 Å². The fourth-order valence-corrected chi connectivity index (χ4v) is 2.05. The molecule has 0 aliphatic rings.